The van der Waals surface area contributed by atoms with Crippen LogP contribution in [-0.4, -0.2) is 45.9 Å². The Bertz CT molecular complexity index is 1570. The van der Waals surface area contributed by atoms with Crippen molar-refractivity contribution in [2.75, 3.05) is 11.9 Å². The molecule has 1 aromatic carbocycles. The highest BCUT2D eigenvalue weighted by Gasteiger charge is 2.17. The van der Waals surface area contributed by atoms with Gasteiger partial charge in [0.2, 0.25) is 0 Å². The van der Waals surface area contributed by atoms with E-state index < -0.39 is 23.7 Å². The van der Waals surface area contributed by atoms with Crippen LogP contribution in [0.1, 0.15) is 50.5 Å². The van der Waals surface area contributed by atoms with Gasteiger partial charge in [-0.25, -0.2) is 15.2 Å². The quantitative estimate of drug-likeness (QED) is 0.137. The van der Waals surface area contributed by atoms with Gasteiger partial charge >= 0.3 is 17.8 Å². The number of esters is 1. The summed E-state index contributed by atoms with van der Waals surface area (Å²) >= 11 is 0. The predicted octanol–water partition coefficient (Wildman–Crippen LogP) is 2.74. The predicted molar refractivity (Wildman–Crippen MR) is 141 cm³/mol. The number of hydrogen-bond acceptors (Lipinski definition) is 8. The summed E-state index contributed by atoms with van der Waals surface area (Å²) in [6.07, 6.45) is 3.09. The molecule has 0 saturated carbocycles. The highest BCUT2D eigenvalue weighted by molar-refractivity contribution is 6.39. The van der Waals surface area contributed by atoms with E-state index in [2.05, 4.69) is 26.1 Å². The molecule has 0 aliphatic rings. The van der Waals surface area contributed by atoms with Gasteiger partial charge in [-0.2, -0.15) is 5.10 Å². The molecule has 0 aliphatic carbocycles. The molecule has 4 aromatic rings. The van der Waals surface area contributed by atoms with E-state index in [1.807, 2.05) is 19.1 Å². The van der Waals surface area contributed by atoms with Crippen LogP contribution in [0.25, 0.3) is 5.65 Å². The second-order valence-corrected chi connectivity index (χ2v) is 8.42. The van der Waals surface area contributed by atoms with Crippen molar-refractivity contribution in [3.63, 3.8) is 0 Å². The zero-order valence-corrected chi connectivity index (χ0v) is 21.5. The van der Waals surface area contributed by atoms with E-state index in [9.17, 15) is 19.2 Å². The zero-order valence-electron chi connectivity index (χ0n) is 21.5. The van der Waals surface area contributed by atoms with Crippen LogP contribution in [0, 0.1) is 13.8 Å². The minimum Gasteiger partial charge on any atom is -0.462 e. The number of pyridine rings is 1. The number of furan rings is 1. The standard InChI is InChI=1S/C27H26N6O6/c1-4-38-27(37)18-5-7-19(8-6-18)31-26(36)25(35)28-14-20-9-10-21(39-20)15-29-32-24(34)23-17(3)30-22-13-16(2)11-12-33(22)23/h5-13,15H,4,14H2,1-3H3,(H,28,35)(H,31,36)(H,32,34)/b29-15+. The van der Waals surface area contributed by atoms with Crippen molar-refractivity contribution >= 4 is 41.2 Å². The molecular formula is C27H26N6O6. The third kappa shape index (κ3) is 6.55. The third-order valence-corrected chi connectivity index (χ3v) is 5.49. The molecule has 3 amide bonds. The molecule has 0 atom stereocenters. The lowest BCUT2D eigenvalue weighted by Crippen LogP contribution is -2.34. The number of ether oxygens (including phenoxy) is 1. The summed E-state index contributed by atoms with van der Waals surface area (Å²) < 4.78 is 12.2. The number of anilines is 1. The Labute approximate surface area is 223 Å². The first kappa shape index (κ1) is 26.8. The normalized spacial score (nSPS) is 10.9. The number of benzene rings is 1. The van der Waals surface area contributed by atoms with E-state index in [1.54, 1.807) is 36.6 Å². The topological polar surface area (TPSA) is 156 Å². The molecule has 3 heterocycles. The molecule has 0 spiro atoms. The van der Waals surface area contributed by atoms with Crippen molar-refractivity contribution in [2.24, 2.45) is 5.10 Å². The van der Waals surface area contributed by atoms with Crippen LogP contribution in [-0.2, 0) is 20.9 Å². The van der Waals surface area contributed by atoms with Crippen LogP contribution < -0.4 is 16.1 Å². The number of carbonyl (C=O) groups excluding carboxylic acids is 4. The van der Waals surface area contributed by atoms with E-state index in [0.717, 1.165) is 5.56 Å². The van der Waals surface area contributed by atoms with Crippen LogP contribution in [0.2, 0.25) is 0 Å². The van der Waals surface area contributed by atoms with Crippen molar-refractivity contribution < 1.29 is 28.3 Å². The van der Waals surface area contributed by atoms with Crippen molar-refractivity contribution in [1.29, 1.82) is 0 Å². The second-order valence-electron chi connectivity index (χ2n) is 8.42. The van der Waals surface area contributed by atoms with Gasteiger partial charge in [0.15, 0.2) is 0 Å². The molecule has 3 N–H and O–H groups in total. The Morgan fingerprint density at radius 3 is 2.56 bits per heavy atom. The van der Waals surface area contributed by atoms with Crippen LogP contribution in [0.3, 0.4) is 0 Å². The molecule has 3 aromatic heterocycles. The monoisotopic (exact) mass is 530 g/mol. The van der Waals surface area contributed by atoms with E-state index in [4.69, 9.17) is 9.15 Å². The molecule has 39 heavy (non-hydrogen) atoms. The summed E-state index contributed by atoms with van der Waals surface area (Å²) in [5, 5.41) is 8.84. The minimum atomic E-state index is -0.882. The van der Waals surface area contributed by atoms with Crippen molar-refractivity contribution in [3.8, 4) is 0 Å². The number of aryl methyl sites for hydroxylation is 2. The summed E-state index contributed by atoms with van der Waals surface area (Å²) in [5.41, 5.74) is 5.77. The van der Waals surface area contributed by atoms with Gasteiger partial charge in [-0.3, -0.25) is 18.8 Å². The van der Waals surface area contributed by atoms with Crippen molar-refractivity contribution in [2.45, 2.75) is 27.3 Å². The fourth-order valence-corrected chi connectivity index (χ4v) is 3.64. The zero-order chi connectivity index (χ0) is 27.9. The molecule has 0 aliphatic heterocycles. The Balaban J connectivity index is 1.26. The van der Waals surface area contributed by atoms with Crippen molar-refractivity contribution in [1.82, 2.24) is 20.1 Å². The summed E-state index contributed by atoms with van der Waals surface area (Å²) in [5.74, 6) is -1.96. The van der Waals surface area contributed by atoms with Crippen LogP contribution in [0.5, 0.6) is 0 Å². The molecule has 12 nitrogen and oxygen atoms in total. The highest BCUT2D eigenvalue weighted by Crippen LogP contribution is 2.14. The van der Waals surface area contributed by atoms with E-state index in [1.165, 1.54) is 30.5 Å². The summed E-state index contributed by atoms with van der Waals surface area (Å²) in [4.78, 5) is 53.1. The van der Waals surface area contributed by atoms with Gasteiger partial charge in [0.25, 0.3) is 5.91 Å². The maximum Gasteiger partial charge on any atom is 0.338 e. The first-order valence-corrected chi connectivity index (χ1v) is 12.0. The van der Waals surface area contributed by atoms with Gasteiger partial charge < -0.3 is 19.8 Å². The number of amides is 3. The fraction of sp³-hybridized carbons (Fsp3) is 0.185. The Hall–Kier alpha value is -5.26. The molecular weight excluding hydrogens is 504 g/mol. The van der Waals surface area contributed by atoms with Crippen LogP contribution in [0.4, 0.5) is 5.69 Å². The van der Waals surface area contributed by atoms with E-state index in [0.29, 0.717) is 39.8 Å². The summed E-state index contributed by atoms with van der Waals surface area (Å²) in [7, 11) is 0. The number of nitrogens with zero attached hydrogens (tertiary/aromatic N) is 3. The number of nitrogens with one attached hydrogen (secondary N) is 3. The summed E-state index contributed by atoms with van der Waals surface area (Å²) in [6, 6.07) is 12.9. The number of hydrogen-bond donors (Lipinski definition) is 3. The van der Waals surface area contributed by atoms with Gasteiger partial charge in [0.05, 0.1) is 30.6 Å². The average Bonchev–Trinajstić information content (AvgIpc) is 3.50. The van der Waals surface area contributed by atoms with E-state index >= 15 is 0 Å². The van der Waals surface area contributed by atoms with Gasteiger partial charge in [-0.1, -0.05) is 0 Å². The Kier molecular flexibility index (Phi) is 8.15. The van der Waals surface area contributed by atoms with Gasteiger partial charge in [-0.15, -0.1) is 0 Å². The molecule has 0 unspecified atom stereocenters. The van der Waals surface area contributed by atoms with E-state index in [-0.39, 0.29) is 13.2 Å². The number of aromatic nitrogens is 2. The summed E-state index contributed by atoms with van der Waals surface area (Å²) in [6.45, 7) is 5.60. The number of rotatable bonds is 8. The Morgan fingerprint density at radius 1 is 1.05 bits per heavy atom. The molecule has 4 rings (SSSR count). The lowest BCUT2D eigenvalue weighted by molar-refractivity contribution is -0.136. The molecule has 0 fully saturated rings. The van der Waals surface area contributed by atoms with Crippen LogP contribution >= 0.6 is 0 Å². The fourth-order valence-electron chi connectivity index (χ4n) is 3.64. The average molecular weight is 531 g/mol. The number of hydrazone groups is 1. The highest BCUT2D eigenvalue weighted by atomic mass is 16.5. The molecule has 0 saturated heterocycles. The van der Waals surface area contributed by atoms with Crippen molar-refractivity contribution in [3.05, 3.63) is 88.8 Å². The number of carbonyl (C=O) groups is 4. The molecule has 0 bridgehead atoms. The molecule has 200 valence electrons. The first-order valence-electron chi connectivity index (χ1n) is 12.0. The maximum absolute atomic E-state index is 12.6. The number of imidazole rings is 1. The van der Waals surface area contributed by atoms with Gasteiger partial charge in [-0.05, 0) is 74.9 Å². The SMILES string of the molecule is CCOC(=O)c1ccc(NC(=O)C(=O)NCc2ccc(/C=N/NC(=O)c3c(C)nc4cc(C)ccn34)o2)cc1. The molecule has 12 heteroatoms. The smallest absolute Gasteiger partial charge is 0.338 e. The third-order valence-electron chi connectivity index (χ3n) is 5.49. The molecule has 0 radical (unpaired) electrons. The minimum absolute atomic E-state index is 0.0470. The first-order chi connectivity index (χ1) is 18.7. The second kappa shape index (κ2) is 11.9. The van der Waals surface area contributed by atoms with Gasteiger partial charge in [0.1, 0.15) is 22.9 Å². The maximum atomic E-state index is 12.6. The lowest BCUT2D eigenvalue weighted by Gasteiger charge is -2.06. The lowest BCUT2D eigenvalue weighted by atomic mass is 10.2. The Morgan fingerprint density at radius 2 is 1.82 bits per heavy atom. The van der Waals surface area contributed by atoms with Gasteiger partial charge in [0, 0.05) is 11.9 Å². The van der Waals surface area contributed by atoms with Crippen LogP contribution in [0.15, 0.2) is 64.2 Å². The largest absolute Gasteiger partial charge is 0.462 e. The number of fused-ring (bicyclic) bond motifs is 1.